The maximum Gasteiger partial charge on any atom is 0.417 e. The first-order chi connectivity index (χ1) is 16.2. The summed E-state index contributed by atoms with van der Waals surface area (Å²) in [4.78, 5) is 63.4. The van der Waals surface area contributed by atoms with E-state index >= 15 is 0 Å². The van der Waals surface area contributed by atoms with E-state index in [1.807, 2.05) is 19.9 Å². The first-order valence-electron chi connectivity index (χ1n) is 11.6. The standard InChI is InChI=1S/C24H34N4O6/c1-4-9-17(22(31)27-20(21(25)30)15(3)5-2)26-23(32)18-12-13-19(29)28(18)24(33)34-14-16-10-7-6-8-11-16/h6-8,10-11,15,17-18,20H,4-5,9,12-14H2,1-3H3,(H2,25,30)(H,26,32)(H,27,31)/t15-,17-,18-,20-/m0/s1. The van der Waals surface area contributed by atoms with Gasteiger partial charge in [-0.3, -0.25) is 19.2 Å². The number of nitrogens with one attached hydrogen (secondary N) is 2. The van der Waals surface area contributed by atoms with Crippen molar-refractivity contribution in [2.24, 2.45) is 11.7 Å². The summed E-state index contributed by atoms with van der Waals surface area (Å²) in [5.74, 6) is -2.52. The molecule has 1 fully saturated rings. The summed E-state index contributed by atoms with van der Waals surface area (Å²) in [7, 11) is 0. The van der Waals surface area contributed by atoms with Gasteiger partial charge in [-0.25, -0.2) is 9.69 Å². The number of amides is 5. The molecule has 1 aromatic rings. The van der Waals surface area contributed by atoms with Gasteiger partial charge in [0.15, 0.2) is 0 Å². The Balaban J connectivity index is 2.06. The topological polar surface area (TPSA) is 148 Å². The maximum atomic E-state index is 13.0. The lowest BCUT2D eigenvalue weighted by Crippen LogP contribution is -2.57. The van der Waals surface area contributed by atoms with E-state index in [4.69, 9.17) is 10.5 Å². The Hall–Kier alpha value is -3.43. The van der Waals surface area contributed by atoms with Crippen molar-refractivity contribution in [1.29, 1.82) is 0 Å². The van der Waals surface area contributed by atoms with Crippen LogP contribution in [-0.2, 0) is 30.5 Å². The smallest absolute Gasteiger partial charge is 0.417 e. The quantitative estimate of drug-likeness (QED) is 0.444. The minimum Gasteiger partial charge on any atom is -0.444 e. The molecule has 1 aromatic carbocycles. The number of hydrogen-bond donors (Lipinski definition) is 3. The van der Waals surface area contributed by atoms with Crippen molar-refractivity contribution in [2.75, 3.05) is 0 Å². The normalized spacial score (nSPS) is 18.0. The van der Waals surface area contributed by atoms with Gasteiger partial charge in [0.1, 0.15) is 24.7 Å². The summed E-state index contributed by atoms with van der Waals surface area (Å²) in [5.41, 5.74) is 6.18. The van der Waals surface area contributed by atoms with Crippen LogP contribution in [-0.4, -0.2) is 52.7 Å². The Morgan fingerprint density at radius 2 is 1.82 bits per heavy atom. The largest absolute Gasteiger partial charge is 0.444 e. The zero-order valence-corrected chi connectivity index (χ0v) is 19.9. The molecular weight excluding hydrogens is 440 g/mol. The van der Waals surface area contributed by atoms with E-state index in [0.717, 1.165) is 10.5 Å². The van der Waals surface area contributed by atoms with Crippen LogP contribution in [0.15, 0.2) is 30.3 Å². The van der Waals surface area contributed by atoms with E-state index in [1.165, 1.54) is 0 Å². The molecule has 186 valence electrons. The first-order valence-corrected chi connectivity index (χ1v) is 11.6. The lowest BCUT2D eigenvalue weighted by molar-refractivity contribution is -0.136. The molecule has 0 spiro atoms. The summed E-state index contributed by atoms with van der Waals surface area (Å²) in [6.45, 7) is 5.48. The molecule has 5 amide bonds. The van der Waals surface area contributed by atoms with Crippen LogP contribution in [0.25, 0.3) is 0 Å². The number of carbonyl (C=O) groups is 5. The average molecular weight is 475 g/mol. The van der Waals surface area contributed by atoms with Gasteiger partial charge in [0.2, 0.25) is 23.6 Å². The van der Waals surface area contributed by atoms with Gasteiger partial charge in [0, 0.05) is 6.42 Å². The average Bonchev–Trinajstić information content (AvgIpc) is 3.22. The maximum absolute atomic E-state index is 13.0. The third-order valence-electron chi connectivity index (χ3n) is 5.94. The van der Waals surface area contributed by atoms with Crippen LogP contribution in [0.3, 0.4) is 0 Å². The molecule has 2 rings (SSSR count). The van der Waals surface area contributed by atoms with E-state index in [2.05, 4.69) is 10.6 Å². The molecule has 1 heterocycles. The Labute approximate surface area is 199 Å². The molecular formula is C24H34N4O6. The zero-order chi connectivity index (χ0) is 25.3. The van der Waals surface area contributed by atoms with Crippen LogP contribution in [0.1, 0.15) is 58.4 Å². The van der Waals surface area contributed by atoms with Crippen LogP contribution in [0.4, 0.5) is 4.79 Å². The number of nitrogens with two attached hydrogens (primary N) is 1. The fraction of sp³-hybridized carbons (Fsp3) is 0.542. The number of rotatable bonds is 11. The van der Waals surface area contributed by atoms with Crippen molar-refractivity contribution in [3.05, 3.63) is 35.9 Å². The van der Waals surface area contributed by atoms with Crippen molar-refractivity contribution >= 4 is 29.7 Å². The fourth-order valence-corrected chi connectivity index (χ4v) is 3.76. The molecule has 34 heavy (non-hydrogen) atoms. The molecule has 0 bridgehead atoms. The minimum atomic E-state index is -1.08. The number of hydrogen-bond acceptors (Lipinski definition) is 6. The lowest BCUT2D eigenvalue weighted by atomic mass is 9.98. The van der Waals surface area contributed by atoms with E-state index in [1.54, 1.807) is 31.2 Å². The first kappa shape index (κ1) is 26.8. The number of ether oxygens (including phenoxy) is 1. The van der Waals surface area contributed by atoms with Crippen LogP contribution in [0.5, 0.6) is 0 Å². The monoisotopic (exact) mass is 474 g/mol. The summed E-state index contributed by atoms with van der Waals surface area (Å²) in [5, 5.41) is 5.26. The molecule has 10 heteroatoms. The molecule has 0 aromatic heterocycles. The molecule has 4 atom stereocenters. The predicted octanol–water partition coefficient (Wildman–Crippen LogP) is 1.62. The second-order valence-electron chi connectivity index (χ2n) is 8.48. The highest BCUT2D eigenvalue weighted by molar-refractivity contribution is 6.01. The van der Waals surface area contributed by atoms with Crippen LogP contribution < -0.4 is 16.4 Å². The Morgan fingerprint density at radius 3 is 2.41 bits per heavy atom. The van der Waals surface area contributed by atoms with Crippen molar-refractivity contribution in [2.45, 2.75) is 77.6 Å². The van der Waals surface area contributed by atoms with Gasteiger partial charge in [-0.05, 0) is 24.3 Å². The van der Waals surface area contributed by atoms with Gasteiger partial charge >= 0.3 is 6.09 Å². The molecule has 1 saturated heterocycles. The van der Waals surface area contributed by atoms with Gasteiger partial charge in [-0.15, -0.1) is 0 Å². The fourth-order valence-electron chi connectivity index (χ4n) is 3.76. The van der Waals surface area contributed by atoms with Crippen molar-refractivity contribution < 1.29 is 28.7 Å². The lowest BCUT2D eigenvalue weighted by Gasteiger charge is -2.27. The summed E-state index contributed by atoms with van der Waals surface area (Å²) >= 11 is 0. The predicted molar refractivity (Wildman–Crippen MR) is 124 cm³/mol. The summed E-state index contributed by atoms with van der Waals surface area (Å²) in [6, 6.07) is 6.07. The van der Waals surface area contributed by atoms with Crippen molar-refractivity contribution in [3.8, 4) is 0 Å². The number of imide groups is 1. The van der Waals surface area contributed by atoms with Gasteiger partial charge in [-0.2, -0.15) is 0 Å². The second-order valence-corrected chi connectivity index (χ2v) is 8.48. The SMILES string of the molecule is CCC[C@H](NC(=O)[C@@H]1CCC(=O)N1C(=O)OCc1ccccc1)C(=O)N[C@H](C(N)=O)[C@@H](C)CC. The van der Waals surface area contributed by atoms with Crippen LogP contribution in [0.2, 0.25) is 0 Å². The third kappa shape index (κ3) is 7.03. The van der Waals surface area contributed by atoms with Crippen LogP contribution >= 0.6 is 0 Å². The van der Waals surface area contributed by atoms with Gasteiger partial charge in [0.05, 0.1) is 0 Å². The molecule has 0 unspecified atom stereocenters. The highest BCUT2D eigenvalue weighted by Crippen LogP contribution is 2.21. The Kier molecular flexibility index (Phi) is 10.0. The van der Waals surface area contributed by atoms with Gasteiger partial charge in [0.25, 0.3) is 0 Å². The number of primary amides is 1. The van der Waals surface area contributed by atoms with E-state index < -0.39 is 47.8 Å². The number of likely N-dealkylation sites (tertiary alicyclic amines) is 1. The summed E-state index contributed by atoms with van der Waals surface area (Å²) in [6.07, 6.45) is 0.748. The molecule has 4 N–H and O–H groups in total. The molecule has 1 aliphatic heterocycles. The van der Waals surface area contributed by atoms with Gasteiger partial charge in [-0.1, -0.05) is 63.9 Å². The number of benzene rings is 1. The highest BCUT2D eigenvalue weighted by atomic mass is 16.6. The van der Waals surface area contributed by atoms with E-state index in [0.29, 0.717) is 19.3 Å². The highest BCUT2D eigenvalue weighted by Gasteiger charge is 2.42. The minimum absolute atomic E-state index is 0.0148. The molecule has 0 radical (unpaired) electrons. The molecule has 1 aliphatic rings. The van der Waals surface area contributed by atoms with Gasteiger partial charge < -0.3 is 21.1 Å². The van der Waals surface area contributed by atoms with Crippen molar-refractivity contribution in [1.82, 2.24) is 15.5 Å². The van der Waals surface area contributed by atoms with Crippen molar-refractivity contribution in [3.63, 3.8) is 0 Å². The molecule has 10 nitrogen and oxygen atoms in total. The Bertz CT molecular complexity index is 891. The number of carbonyl (C=O) groups excluding carboxylic acids is 5. The molecule has 0 aliphatic carbocycles. The second kappa shape index (κ2) is 12.7. The zero-order valence-electron chi connectivity index (χ0n) is 19.9. The third-order valence-corrected chi connectivity index (χ3v) is 5.94. The summed E-state index contributed by atoms with van der Waals surface area (Å²) < 4.78 is 5.24. The Morgan fingerprint density at radius 1 is 1.15 bits per heavy atom. The van der Waals surface area contributed by atoms with Crippen LogP contribution in [0, 0.1) is 5.92 Å². The number of nitrogens with zero attached hydrogens (tertiary/aromatic N) is 1. The van der Waals surface area contributed by atoms with E-state index in [9.17, 15) is 24.0 Å². The van der Waals surface area contributed by atoms with E-state index in [-0.39, 0.29) is 25.4 Å². The molecule has 0 saturated carbocycles.